The number of aliphatic imine (C=N–C) groups is 1. The SMILES string of the molecule is CCC(C)c1cccc(Cl)c1C#CC1C=NCC1. The van der Waals surface area contributed by atoms with Crippen molar-refractivity contribution in [2.45, 2.75) is 32.6 Å². The summed E-state index contributed by atoms with van der Waals surface area (Å²) >= 11 is 6.28. The van der Waals surface area contributed by atoms with Gasteiger partial charge in [-0.05, 0) is 30.4 Å². The van der Waals surface area contributed by atoms with Gasteiger partial charge in [-0.1, -0.05) is 49.4 Å². The van der Waals surface area contributed by atoms with Crippen LogP contribution in [0.3, 0.4) is 0 Å². The van der Waals surface area contributed by atoms with Gasteiger partial charge in [-0.15, -0.1) is 0 Å². The highest BCUT2D eigenvalue weighted by Crippen LogP contribution is 2.27. The van der Waals surface area contributed by atoms with Crippen LogP contribution in [-0.2, 0) is 0 Å². The van der Waals surface area contributed by atoms with Crippen molar-refractivity contribution in [3.8, 4) is 11.8 Å². The van der Waals surface area contributed by atoms with E-state index >= 15 is 0 Å². The van der Waals surface area contributed by atoms with Gasteiger partial charge in [-0.25, -0.2) is 0 Å². The van der Waals surface area contributed by atoms with Crippen molar-refractivity contribution >= 4 is 17.8 Å². The third-order valence-electron chi connectivity index (χ3n) is 3.43. The Bertz CT molecular complexity index is 508. The van der Waals surface area contributed by atoms with Gasteiger partial charge in [0.25, 0.3) is 0 Å². The minimum Gasteiger partial charge on any atom is -0.296 e. The van der Waals surface area contributed by atoms with Gasteiger partial charge in [0, 0.05) is 18.3 Å². The Balaban J connectivity index is 2.33. The van der Waals surface area contributed by atoms with E-state index in [1.54, 1.807) is 0 Å². The molecule has 0 aliphatic carbocycles. The third kappa shape index (κ3) is 2.94. The molecule has 1 heterocycles. The van der Waals surface area contributed by atoms with Gasteiger partial charge in [-0.2, -0.15) is 0 Å². The number of halogens is 1. The molecule has 0 radical (unpaired) electrons. The highest BCUT2D eigenvalue weighted by Gasteiger charge is 2.11. The first kappa shape index (κ1) is 13.2. The molecule has 0 saturated heterocycles. The van der Waals surface area contributed by atoms with Crippen LogP contribution in [0, 0.1) is 17.8 Å². The van der Waals surface area contributed by atoms with Gasteiger partial charge < -0.3 is 0 Å². The fraction of sp³-hybridized carbons (Fsp3) is 0.438. The van der Waals surface area contributed by atoms with E-state index in [0.29, 0.717) is 11.8 Å². The average molecular weight is 260 g/mol. The highest BCUT2D eigenvalue weighted by atomic mass is 35.5. The van der Waals surface area contributed by atoms with Crippen molar-refractivity contribution in [3.05, 3.63) is 34.3 Å². The minimum absolute atomic E-state index is 0.297. The van der Waals surface area contributed by atoms with E-state index in [0.717, 1.165) is 30.0 Å². The first-order chi connectivity index (χ1) is 8.72. The van der Waals surface area contributed by atoms with Crippen LogP contribution in [0.4, 0.5) is 0 Å². The molecule has 2 rings (SSSR count). The molecule has 1 aliphatic rings. The fourth-order valence-electron chi connectivity index (χ4n) is 2.07. The molecule has 0 N–H and O–H groups in total. The average Bonchev–Trinajstić information content (AvgIpc) is 2.89. The van der Waals surface area contributed by atoms with Gasteiger partial charge in [0.2, 0.25) is 0 Å². The molecule has 0 aromatic heterocycles. The molecule has 1 aromatic rings. The Hall–Kier alpha value is -1.26. The maximum Gasteiger partial charge on any atom is 0.0572 e. The van der Waals surface area contributed by atoms with E-state index in [9.17, 15) is 0 Å². The van der Waals surface area contributed by atoms with Crippen LogP contribution in [0.25, 0.3) is 0 Å². The van der Waals surface area contributed by atoms with Crippen LogP contribution in [0.5, 0.6) is 0 Å². The first-order valence-electron chi connectivity index (χ1n) is 6.52. The molecular formula is C16H18ClN. The van der Waals surface area contributed by atoms with Gasteiger partial charge in [0.05, 0.1) is 10.9 Å². The molecule has 0 bridgehead atoms. The van der Waals surface area contributed by atoms with Crippen LogP contribution >= 0.6 is 11.6 Å². The molecule has 2 unspecified atom stereocenters. The van der Waals surface area contributed by atoms with Gasteiger partial charge in [0.1, 0.15) is 0 Å². The van der Waals surface area contributed by atoms with E-state index in [1.807, 2.05) is 18.3 Å². The molecule has 0 fully saturated rings. The number of nitrogens with zero attached hydrogens (tertiary/aromatic N) is 1. The summed E-state index contributed by atoms with van der Waals surface area (Å²) in [6, 6.07) is 6.05. The predicted molar refractivity (Wildman–Crippen MR) is 78.5 cm³/mol. The number of rotatable bonds is 2. The molecule has 1 aliphatic heterocycles. The summed E-state index contributed by atoms with van der Waals surface area (Å²) in [6.45, 7) is 5.31. The zero-order chi connectivity index (χ0) is 13.0. The van der Waals surface area contributed by atoms with Crippen molar-refractivity contribution in [3.63, 3.8) is 0 Å². The summed E-state index contributed by atoms with van der Waals surface area (Å²) in [5, 5.41) is 0.759. The second-order valence-electron chi connectivity index (χ2n) is 4.73. The maximum absolute atomic E-state index is 6.28. The standard InChI is InChI=1S/C16H18ClN/c1-3-12(2)14-5-4-6-16(17)15(14)8-7-13-9-10-18-11-13/h4-6,11-13H,3,9-10H2,1-2H3. The molecule has 18 heavy (non-hydrogen) atoms. The lowest BCUT2D eigenvalue weighted by atomic mass is 9.93. The molecule has 1 nitrogen and oxygen atoms in total. The Morgan fingerprint density at radius 2 is 2.33 bits per heavy atom. The van der Waals surface area contributed by atoms with E-state index in [-0.39, 0.29) is 0 Å². The fourth-order valence-corrected chi connectivity index (χ4v) is 2.30. The quantitative estimate of drug-likeness (QED) is 0.703. The third-order valence-corrected chi connectivity index (χ3v) is 3.74. The Morgan fingerprint density at radius 1 is 1.50 bits per heavy atom. The summed E-state index contributed by atoms with van der Waals surface area (Å²) in [6.07, 6.45) is 4.09. The summed E-state index contributed by atoms with van der Waals surface area (Å²) in [7, 11) is 0. The summed E-state index contributed by atoms with van der Waals surface area (Å²) in [4.78, 5) is 4.21. The van der Waals surface area contributed by atoms with Crippen LogP contribution in [-0.4, -0.2) is 12.8 Å². The van der Waals surface area contributed by atoms with E-state index < -0.39 is 0 Å². The van der Waals surface area contributed by atoms with E-state index in [2.05, 4.69) is 36.7 Å². The molecule has 0 amide bonds. The molecule has 2 heteroatoms. The summed E-state index contributed by atoms with van der Waals surface area (Å²) in [5.74, 6) is 7.33. The monoisotopic (exact) mass is 259 g/mol. The zero-order valence-electron chi connectivity index (χ0n) is 10.9. The van der Waals surface area contributed by atoms with Crippen molar-refractivity contribution in [2.75, 3.05) is 6.54 Å². The lowest BCUT2D eigenvalue weighted by molar-refractivity contribution is 0.731. The van der Waals surface area contributed by atoms with Crippen LogP contribution < -0.4 is 0 Å². The van der Waals surface area contributed by atoms with E-state index in [1.165, 1.54) is 5.56 Å². The molecule has 94 valence electrons. The van der Waals surface area contributed by atoms with Gasteiger partial charge in [-0.3, -0.25) is 4.99 Å². The minimum atomic E-state index is 0.297. The number of hydrogen-bond donors (Lipinski definition) is 0. The maximum atomic E-state index is 6.28. The smallest absolute Gasteiger partial charge is 0.0572 e. The highest BCUT2D eigenvalue weighted by molar-refractivity contribution is 6.31. The normalized spacial score (nSPS) is 19.4. The first-order valence-corrected chi connectivity index (χ1v) is 6.90. The Labute approximate surface area is 114 Å². The lowest BCUT2D eigenvalue weighted by Crippen LogP contribution is -1.98. The second-order valence-corrected chi connectivity index (χ2v) is 5.14. The van der Waals surface area contributed by atoms with E-state index in [4.69, 9.17) is 11.6 Å². The topological polar surface area (TPSA) is 12.4 Å². The zero-order valence-corrected chi connectivity index (χ0v) is 11.7. The Kier molecular flexibility index (Phi) is 4.44. The Morgan fingerprint density at radius 3 is 3.00 bits per heavy atom. The van der Waals surface area contributed by atoms with Gasteiger partial charge >= 0.3 is 0 Å². The van der Waals surface area contributed by atoms with Crippen molar-refractivity contribution in [1.29, 1.82) is 0 Å². The van der Waals surface area contributed by atoms with Crippen LogP contribution in [0.2, 0.25) is 5.02 Å². The van der Waals surface area contributed by atoms with Gasteiger partial charge in [0.15, 0.2) is 0 Å². The molecule has 0 spiro atoms. The largest absolute Gasteiger partial charge is 0.296 e. The van der Waals surface area contributed by atoms with Crippen LogP contribution in [0.15, 0.2) is 23.2 Å². The van der Waals surface area contributed by atoms with Crippen molar-refractivity contribution in [1.82, 2.24) is 0 Å². The molecule has 2 atom stereocenters. The number of hydrogen-bond acceptors (Lipinski definition) is 1. The number of benzene rings is 1. The lowest BCUT2D eigenvalue weighted by Gasteiger charge is -2.12. The summed E-state index contributed by atoms with van der Waals surface area (Å²) < 4.78 is 0. The molecule has 1 aromatic carbocycles. The van der Waals surface area contributed by atoms with Crippen LogP contribution in [0.1, 0.15) is 43.7 Å². The molecule has 0 saturated carbocycles. The van der Waals surface area contributed by atoms with Crippen molar-refractivity contribution < 1.29 is 0 Å². The predicted octanol–water partition coefficient (Wildman–Crippen LogP) is 4.30. The molecular weight excluding hydrogens is 242 g/mol. The second kappa shape index (κ2) is 6.07. The summed E-state index contributed by atoms with van der Waals surface area (Å²) in [5.41, 5.74) is 2.25. The van der Waals surface area contributed by atoms with Crippen molar-refractivity contribution in [2.24, 2.45) is 10.9 Å².